The molecule has 0 spiro atoms. The smallest absolute Gasteiger partial charge is 0.238 e. The van der Waals surface area contributed by atoms with Crippen LogP contribution in [-0.4, -0.2) is 67.6 Å². The van der Waals surface area contributed by atoms with E-state index in [0.717, 1.165) is 39.3 Å². The predicted molar refractivity (Wildman–Crippen MR) is 102 cm³/mol. The largest absolute Gasteiger partial charge is 0.324 e. The number of amides is 1. The zero-order chi connectivity index (χ0) is 16.2. The van der Waals surface area contributed by atoms with Gasteiger partial charge in [-0.3, -0.25) is 14.6 Å². The minimum absolute atomic E-state index is 0. The molecule has 1 aromatic carbocycles. The van der Waals surface area contributed by atoms with Crippen LogP contribution in [0, 0.1) is 0 Å². The third kappa shape index (κ3) is 4.97. The Hall–Kier alpha value is -0.560. The number of anilines is 1. The highest BCUT2D eigenvalue weighted by Crippen LogP contribution is 2.29. The van der Waals surface area contributed by atoms with Crippen molar-refractivity contribution in [2.45, 2.75) is 12.5 Å². The molecule has 2 fully saturated rings. The topological polar surface area (TPSA) is 47.6 Å². The van der Waals surface area contributed by atoms with Gasteiger partial charge in [-0.2, -0.15) is 0 Å². The molecule has 0 bridgehead atoms. The first-order valence-electron chi connectivity index (χ1n) is 8.04. The minimum atomic E-state index is -0.0508. The van der Waals surface area contributed by atoms with Crippen molar-refractivity contribution < 1.29 is 4.79 Å². The molecule has 1 unspecified atom stereocenters. The van der Waals surface area contributed by atoms with E-state index < -0.39 is 0 Å². The zero-order valence-corrected chi connectivity index (χ0v) is 15.8. The Bertz CT molecular complexity index is 558. The van der Waals surface area contributed by atoms with Crippen LogP contribution in [0.15, 0.2) is 18.2 Å². The number of halogens is 3. The lowest BCUT2D eigenvalue weighted by Crippen LogP contribution is -2.52. The van der Waals surface area contributed by atoms with Crippen LogP contribution in [-0.2, 0) is 4.79 Å². The summed E-state index contributed by atoms with van der Waals surface area (Å²) in [5.41, 5.74) is 0.569. The molecule has 2 aliphatic heterocycles. The Labute approximate surface area is 159 Å². The molecule has 134 valence electrons. The quantitative estimate of drug-likeness (QED) is 0.824. The highest BCUT2D eigenvalue weighted by atomic mass is 35.5. The summed E-state index contributed by atoms with van der Waals surface area (Å²) in [6.07, 6.45) is 1.23. The van der Waals surface area contributed by atoms with Gasteiger partial charge in [-0.25, -0.2) is 0 Å². The van der Waals surface area contributed by atoms with Crippen LogP contribution in [0.5, 0.6) is 0 Å². The van der Waals surface area contributed by atoms with Crippen molar-refractivity contribution in [3.05, 3.63) is 28.2 Å². The lowest BCUT2D eigenvalue weighted by molar-refractivity contribution is -0.117. The molecular formula is C16H23Cl3N4O. The number of nitrogens with one attached hydrogen (secondary N) is 2. The fraction of sp³-hybridized carbons (Fsp3) is 0.562. The third-order valence-electron chi connectivity index (χ3n) is 4.55. The lowest BCUT2D eigenvalue weighted by Gasteiger charge is -2.37. The number of benzene rings is 1. The molecule has 2 N–H and O–H groups in total. The van der Waals surface area contributed by atoms with Gasteiger partial charge in [0.25, 0.3) is 0 Å². The second kappa shape index (κ2) is 9.22. The average molecular weight is 394 g/mol. The highest BCUT2D eigenvalue weighted by molar-refractivity contribution is 6.43. The van der Waals surface area contributed by atoms with Crippen LogP contribution in [0.2, 0.25) is 10.0 Å². The number of hydrogen-bond acceptors (Lipinski definition) is 4. The molecular weight excluding hydrogens is 371 g/mol. The number of rotatable bonds is 4. The van der Waals surface area contributed by atoms with Crippen molar-refractivity contribution >= 4 is 47.2 Å². The van der Waals surface area contributed by atoms with Gasteiger partial charge in [-0.05, 0) is 25.1 Å². The number of nitrogens with zero attached hydrogens (tertiary/aromatic N) is 2. The van der Waals surface area contributed by atoms with E-state index in [-0.39, 0.29) is 18.3 Å². The molecule has 1 atom stereocenters. The second-order valence-corrected chi connectivity index (χ2v) is 6.89. The number of piperazine rings is 1. The SMILES string of the molecule is Cl.O=C(CN1CCN(C2CCNC2)CC1)Nc1cccc(Cl)c1Cl. The van der Waals surface area contributed by atoms with Crippen LogP contribution in [0.25, 0.3) is 0 Å². The Morgan fingerprint density at radius 2 is 2.00 bits per heavy atom. The van der Waals surface area contributed by atoms with Gasteiger partial charge < -0.3 is 10.6 Å². The van der Waals surface area contributed by atoms with Gasteiger partial charge in [0, 0.05) is 38.8 Å². The van der Waals surface area contributed by atoms with Gasteiger partial charge in [-0.1, -0.05) is 29.3 Å². The van der Waals surface area contributed by atoms with E-state index in [0.29, 0.717) is 28.3 Å². The van der Waals surface area contributed by atoms with E-state index in [1.54, 1.807) is 18.2 Å². The van der Waals surface area contributed by atoms with Gasteiger partial charge >= 0.3 is 0 Å². The van der Waals surface area contributed by atoms with E-state index in [2.05, 4.69) is 20.4 Å². The van der Waals surface area contributed by atoms with E-state index >= 15 is 0 Å². The molecule has 8 heteroatoms. The van der Waals surface area contributed by atoms with Crippen molar-refractivity contribution in [1.29, 1.82) is 0 Å². The first kappa shape index (κ1) is 19.8. The third-order valence-corrected chi connectivity index (χ3v) is 5.37. The molecule has 1 amide bonds. The maximum absolute atomic E-state index is 12.2. The van der Waals surface area contributed by atoms with Gasteiger partial charge in [0.05, 0.1) is 22.3 Å². The molecule has 2 saturated heterocycles. The fourth-order valence-electron chi connectivity index (χ4n) is 3.23. The van der Waals surface area contributed by atoms with Crippen molar-refractivity contribution in [2.24, 2.45) is 0 Å². The first-order valence-corrected chi connectivity index (χ1v) is 8.80. The molecule has 0 saturated carbocycles. The number of carbonyl (C=O) groups excluding carboxylic acids is 1. The zero-order valence-electron chi connectivity index (χ0n) is 13.4. The summed E-state index contributed by atoms with van der Waals surface area (Å²) < 4.78 is 0. The van der Waals surface area contributed by atoms with Gasteiger partial charge in [0.1, 0.15) is 0 Å². The Morgan fingerprint density at radius 1 is 1.25 bits per heavy atom. The molecule has 2 heterocycles. The van der Waals surface area contributed by atoms with Crippen molar-refractivity contribution in [1.82, 2.24) is 15.1 Å². The molecule has 2 aliphatic rings. The maximum atomic E-state index is 12.2. The monoisotopic (exact) mass is 392 g/mol. The number of hydrogen-bond donors (Lipinski definition) is 2. The van der Waals surface area contributed by atoms with Gasteiger partial charge in [0.2, 0.25) is 5.91 Å². The van der Waals surface area contributed by atoms with Crippen LogP contribution in [0.1, 0.15) is 6.42 Å². The molecule has 0 radical (unpaired) electrons. The standard InChI is InChI=1S/C16H22Cl2N4O.ClH/c17-13-2-1-3-14(16(13)18)20-15(23)11-21-6-8-22(9-7-21)12-4-5-19-10-12;/h1-3,12,19H,4-11H2,(H,20,23);1H. The molecule has 0 aromatic heterocycles. The van der Waals surface area contributed by atoms with E-state index in [4.69, 9.17) is 23.2 Å². The van der Waals surface area contributed by atoms with E-state index in [1.165, 1.54) is 6.42 Å². The highest BCUT2D eigenvalue weighted by Gasteiger charge is 2.26. The Morgan fingerprint density at radius 3 is 2.67 bits per heavy atom. The summed E-state index contributed by atoms with van der Waals surface area (Å²) in [6, 6.07) is 5.91. The normalized spacial score (nSPS) is 22.2. The summed E-state index contributed by atoms with van der Waals surface area (Å²) in [5, 5.41) is 7.09. The molecule has 0 aliphatic carbocycles. The predicted octanol–water partition coefficient (Wildman–Crippen LogP) is 2.33. The Kier molecular flexibility index (Phi) is 7.60. The summed E-state index contributed by atoms with van der Waals surface area (Å²) in [6.45, 7) is 6.50. The van der Waals surface area contributed by atoms with Crippen molar-refractivity contribution in [2.75, 3.05) is 51.1 Å². The maximum Gasteiger partial charge on any atom is 0.238 e. The van der Waals surface area contributed by atoms with Crippen LogP contribution >= 0.6 is 35.6 Å². The first-order chi connectivity index (χ1) is 11.1. The van der Waals surface area contributed by atoms with Crippen LogP contribution in [0.4, 0.5) is 5.69 Å². The molecule has 3 rings (SSSR count). The average Bonchev–Trinajstić information content (AvgIpc) is 3.07. The minimum Gasteiger partial charge on any atom is -0.324 e. The Balaban J connectivity index is 0.00000208. The number of carbonyl (C=O) groups is 1. The van der Waals surface area contributed by atoms with E-state index in [9.17, 15) is 4.79 Å². The van der Waals surface area contributed by atoms with Gasteiger partial charge in [0.15, 0.2) is 0 Å². The van der Waals surface area contributed by atoms with Crippen molar-refractivity contribution in [3.8, 4) is 0 Å². The second-order valence-electron chi connectivity index (χ2n) is 6.11. The van der Waals surface area contributed by atoms with Crippen molar-refractivity contribution in [3.63, 3.8) is 0 Å². The molecule has 24 heavy (non-hydrogen) atoms. The lowest BCUT2D eigenvalue weighted by atomic mass is 10.2. The molecule has 5 nitrogen and oxygen atoms in total. The van der Waals surface area contributed by atoms with Crippen LogP contribution < -0.4 is 10.6 Å². The summed E-state index contributed by atoms with van der Waals surface area (Å²) in [7, 11) is 0. The summed E-state index contributed by atoms with van der Waals surface area (Å²) in [4.78, 5) is 16.9. The fourth-order valence-corrected chi connectivity index (χ4v) is 3.58. The van der Waals surface area contributed by atoms with E-state index in [1.807, 2.05) is 0 Å². The molecule has 1 aromatic rings. The summed E-state index contributed by atoms with van der Waals surface area (Å²) in [5.74, 6) is -0.0508. The van der Waals surface area contributed by atoms with Gasteiger partial charge in [-0.15, -0.1) is 12.4 Å². The summed E-state index contributed by atoms with van der Waals surface area (Å²) >= 11 is 12.1. The van der Waals surface area contributed by atoms with Crippen LogP contribution in [0.3, 0.4) is 0 Å².